The third-order valence-corrected chi connectivity index (χ3v) is 3.09. The number of amides is 2. The van der Waals surface area contributed by atoms with Gasteiger partial charge in [0.05, 0.1) is 10.7 Å². The van der Waals surface area contributed by atoms with Crippen LogP contribution in [0.15, 0.2) is 23.5 Å². The quantitative estimate of drug-likeness (QED) is 0.633. The third kappa shape index (κ3) is 2.63. The molecule has 1 aromatic carbocycles. The molecule has 114 valence electrons. The molecule has 1 aliphatic heterocycles. The number of carbonyl (C=O) groups is 2. The number of ether oxygens (including phenoxy) is 2. The molecular formula is C15H11ClFNO4. The Hall–Kier alpha value is -2.52. The molecule has 1 saturated heterocycles. The molecule has 1 heterocycles. The van der Waals surface area contributed by atoms with Gasteiger partial charge in [0.25, 0.3) is 0 Å². The number of terminal acetylenes is 1. The lowest BCUT2D eigenvalue weighted by Gasteiger charge is -2.14. The molecule has 1 aromatic rings. The summed E-state index contributed by atoms with van der Waals surface area (Å²) in [5.41, 5.74) is 0.182. The van der Waals surface area contributed by atoms with Gasteiger partial charge in [-0.25, -0.2) is 14.1 Å². The lowest BCUT2D eigenvalue weighted by Crippen LogP contribution is -2.29. The van der Waals surface area contributed by atoms with E-state index in [2.05, 4.69) is 5.92 Å². The van der Waals surface area contributed by atoms with Crippen LogP contribution in [0.3, 0.4) is 0 Å². The smallest absolute Gasteiger partial charge is 0.427 e. The summed E-state index contributed by atoms with van der Waals surface area (Å²) in [5.74, 6) is -0.0169. The second kappa shape index (κ2) is 6.08. The number of benzene rings is 1. The van der Waals surface area contributed by atoms with Crippen LogP contribution < -0.4 is 9.64 Å². The average Bonchev–Trinajstić information content (AvgIpc) is 2.75. The number of allylic oxidation sites excluding steroid dienone is 1. The summed E-state index contributed by atoms with van der Waals surface area (Å²) in [7, 11) is 0. The standard InChI is InChI=1S/C15H11ClFNO4/c1-4-7-21-13-9(16)5-6-10(11(13)17)18-14(19)12(8(2)3)22-15(18)20/h1,5-6H,7H2,2-3H3. The van der Waals surface area contributed by atoms with Gasteiger partial charge in [-0.05, 0) is 31.6 Å². The Morgan fingerprint density at radius 1 is 1.45 bits per heavy atom. The van der Waals surface area contributed by atoms with Crippen molar-refractivity contribution >= 4 is 29.3 Å². The molecule has 0 saturated carbocycles. The predicted molar refractivity (Wildman–Crippen MR) is 78.1 cm³/mol. The Balaban J connectivity index is 2.50. The number of hydrogen-bond donors (Lipinski definition) is 0. The molecule has 0 radical (unpaired) electrons. The molecule has 2 rings (SSSR count). The fourth-order valence-corrected chi connectivity index (χ4v) is 2.03. The molecule has 0 N–H and O–H groups in total. The Morgan fingerprint density at radius 2 is 2.14 bits per heavy atom. The SMILES string of the molecule is C#CCOc1c(Cl)ccc(N2C(=O)OC(=C(C)C)C2=O)c1F. The largest absolute Gasteiger partial charge is 0.476 e. The minimum absolute atomic E-state index is 0.0287. The van der Waals surface area contributed by atoms with E-state index < -0.39 is 17.8 Å². The Kier molecular flexibility index (Phi) is 4.38. The summed E-state index contributed by atoms with van der Waals surface area (Å²) in [4.78, 5) is 24.6. The Morgan fingerprint density at radius 3 is 2.68 bits per heavy atom. The summed E-state index contributed by atoms with van der Waals surface area (Å²) in [6.45, 7) is 2.99. The number of cyclic esters (lactones) is 1. The minimum atomic E-state index is -0.995. The highest BCUT2D eigenvalue weighted by Gasteiger charge is 2.40. The van der Waals surface area contributed by atoms with Crippen molar-refractivity contribution < 1.29 is 23.5 Å². The van der Waals surface area contributed by atoms with E-state index in [0.717, 1.165) is 0 Å². The molecule has 0 unspecified atom stereocenters. The summed E-state index contributed by atoms with van der Waals surface area (Å²) >= 11 is 5.83. The van der Waals surface area contributed by atoms with Gasteiger partial charge in [-0.1, -0.05) is 17.5 Å². The van der Waals surface area contributed by atoms with Crippen molar-refractivity contribution in [2.75, 3.05) is 11.5 Å². The second-order valence-corrected chi connectivity index (χ2v) is 4.95. The van der Waals surface area contributed by atoms with Gasteiger partial charge in [0.15, 0.2) is 17.3 Å². The maximum atomic E-state index is 14.5. The molecule has 1 aliphatic rings. The summed E-state index contributed by atoms with van der Waals surface area (Å²) in [6, 6.07) is 2.49. The molecule has 0 aromatic heterocycles. The highest BCUT2D eigenvalue weighted by Crippen LogP contribution is 2.37. The Labute approximate surface area is 131 Å². The van der Waals surface area contributed by atoms with Gasteiger partial charge in [0, 0.05) is 0 Å². The lowest BCUT2D eigenvalue weighted by molar-refractivity contribution is -0.114. The van der Waals surface area contributed by atoms with Gasteiger partial charge >= 0.3 is 12.0 Å². The van der Waals surface area contributed by atoms with Gasteiger partial charge in [-0.3, -0.25) is 4.79 Å². The van der Waals surface area contributed by atoms with E-state index in [1.54, 1.807) is 13.8 Å². The summed E-state index contributed by atoms with van der Waals surface area (Å²) < 4.78 is 24.4. The van der Waals surface area contributed by atoms with Crippen molar-refractivity contribution in [3.05, 3.63) is 34.3 Å². The van der Waals surface area contributed by atoms with E-state index in [1.165, 1.54) is 12.1 Å². The number of nitrogens with zero attached hydrogens (tertiary/aromatic N) is 1. The third-order valence-electron chi connectivity index (χ3n) is 2.79. The first-order valence-electron chi connectivity index (χ1n) is 6.16. The number of rotatable bonds is 3. The van der Waals surface area contributed by atoms with Crippen LogP contribution >= 0.6 is 11.6 Å². The molecule has 0 bridgehead atoms. The van der Waals surface area contributed by atoms with Gasteiger partial charge < -0.3 is 9.47 Å². The molecule has 2 amide bonds. The first kappa shape index (κ1) is 15.9. The van der Waals surface area contributed by atoms with E-state index >= 15 is 0 Å². The fraction of sp³-hybridized carbons (Fsp3) is 0.200. The van der Waals surface area contributed by atoms with Crippen molar-refractivity contribution in [2.24, 2.45) is 0 Å². The zero-order valence-electron chi connectivity index (χ0n) is 11.8. The highest BCUT2D eigenvalue weighted by molar-refractivity contribution is 6.32. The predicted octanol–water partition coefficient (Wildman–Crippen LogP) is 3.27. The van der Waals surface area contributed by atoms with E-state index in [0.29, 0.717) is 10.5 Å². The molecule has 22 heavy (non-hydrogen) atoms. The molecule has 5 nitrogen and oxygen atoms in total. The maximum Gasteiger partial charge on any atom is 0.427 e. The van der Waals surface area contributed by atoms with E-state index in [-0.39, 0.29) is 28.8 Å². The number of halogens is 2. The van der Waals surface area contributed by atoms with Crippen LogP contribution in [0.5, 0.6) is 5.75 Å². The molecular weight excluding hydrogens is 313 g/mol. The van der Waals surface area contributed by atoms with E-state index in [9.17, 15) is 14.0 Å². The normalized spacial score (nSPS) is 14.0. The Bertz CT molecular complexity index is 732. The first-order chi connectivity index (χ1) is 10.4. The van der Waals surface area contributed by atoms with Crippen molar-refractivity contribution in [2.45, 2.75) is 13.8 Å². The van der Waals surface area contributed by atoms with E-state index in [4.69, 9.17) is 27.5 Å². The van der Waals surface area contributed by atoms with Gasteiger partial charge in [-0.15, -0.1) is 6.42 Å². The van der Waals surface area contributed by atoms with Crippen molar-refractivity contribution in [1.29, 1.82) is 0 Å². The summed E-state index contributed by atoms with van der Waals surface area (Å²) in [6.07, 6.45) is 4.05. The topological polar surface area (TPSA) is 55.8 Å². The monoisotopic (exact) mass is 323 g/mol. The van der Waals surface area contributed by atoms with Crippen LogP contribution in [-0.4, -0.2) is 18.6 Å². The van der Waals surface area contributed by atoms with Gasteiger partial charge in [0.2, 0.25) is 0 Å². The van der Waals surface area contributed by atoms with Crippen molar-refractivity contribution in [1.82, 2.24) is 0 Å². The van der Waals surface area contributed by atoms with Crippen LogP contribution in [0, 0.1) is 18.2 Å². The number of imide groups is 1. The zero-order chi connectivity index (χ0) is 16.4. The number of carbonyl (C=O) groups excluding carboxylic acids is 2. The van der Waals surface area contributed by atoms with Crippen LogP contribution in [0.4, 0.5) is 14.9 Å². The molecule has 1 fully saturated rings. The first-order valence-corrected chi connectivity index (χ1v) is 6.54. The summed E-state index contributed by atoms with van der Waals surface area (Å²) in [5, 5.41) is -0.0287. The highest BCUT2D eigenvalue weighted by atomic mass is 35.5. The molecule has 0 aliphatic carbocycles. The van der Waals surface area contributed by atoms with Crippen molar-refractivity contribution in [3.63, 3.8) is 0 Å². The average molecular weight is 324 g/mol. The van der Waals surface area contributed by atoms with Gasteiger partial charge in [0.1, 0.15) is 6.61 Å². The number of anilines is 1. The van der Waals surface area contributed by atoms with Crippen LogP contribution in [0.2, 0.25) is 5.02 Å². The minimum Gasteiger partial charge on any atom is -0.476 e. The second-order valence-electron chi connectivity index (χ2n) is 4.54. The fourth-order valence-electron chi connectivity index (χ4n) is 1.83. The zero-order valence-corrected chi connectivity index (χ0v) is 12.5. The number of hydrogen-bond acceptors (Lipinski definition) is 4. The molecule has 0 spiro atoms. The lowest BCUT2D eigenvalue weighted by atomic mass is 10.2. The molecule has 0 atom stereocenters. The molecule has 7 heteroatoms. The van der Waals surface area contributed by atoms with Gasteiger partial charge in [-0.2, -0.15) is 0 Å². The van der Waals surface area contributed by atoms with Crippen LogP contribution in [0.1, 0.15) is 13.8 Å². The van der Waals surface area contributed by atoms with E-state index in [1.807, 2.05) is 0 Å². The van der Waals surface area contributed by atoms with Crippen molar-refractivity contribution in [3.8, 4) is 18.1 Å². The maximum absolute atomic E-state index is 14.5. The van der Waals surface area contributed by atoms with Crippen LogP contribution in [-0.2, 0) is 9.53 Å². The van der Waals surface area contributed by atoms with Crippen LogP contribution in [0.25, 0.3) is 0 Å².